The van der Waals surface area contributed by atoms with Gasteiger partial charge >= 0.3 is 0 Å². The van der Waals surface area contributed by atoms with Crippen molar-refractivity contribution in [2.75, 3.05) is 6.54 Å². The molecule has 0 unspecified atom stereocenters. The van der Waals surface area contributed by atoms with E-state index in [9.17, 15) is 5.26 Å². The summed E-state index contributed by atoms with van der Waals surface area (Å²) in [4.78, 5) is 11.0. The summed E-state index contributed by atoms with van der Waals surface area (Å²) in [5.41, 5.74) is 3.98. The molecule has 4 rings (SSSR count). The lowest BCUT2D eigenvalue weighted by Gasteiger charge is -2.19. The van der Waals surface area contributed by atoms with E-state index < -0.39 is 0 Å². The van der Waals surface area contributed by atoms with E-state index in [1.807, 2.05) is 41.1 Å². The molecule has 0 radical (unpaired) electrons. The van der Waals surface area contributed by atoms with Crippen LogP contribution >= 0.6 is 0 Å². The Morgan fingerprint density at radius 3 is 2.58 bits per heavy atom. The van der Waals surface area contributed by atoms with Crippen LogP contribution in [-0.2, 0) is 0 Å². The van der Waals surface area contributed by atoms with Gasteiger partial charge in [-0.15, -0.1) is 0 Å². The molecule has 1 atom stereocenters. The van der Waals surface area contributed by atoms with Crippen LogP contribution in [0.3, 0.4) is 0 Å². The monoisotopic (exact) mass is 340 g/mol. The molecular weight excluding hydrogens is 324 g/mol. The predicted molar refractivity (Wildman–Crippen MR) is 96.2 cm³/mol. The van der Waals surface area contributed by atoms with Crippen molar-refractivity contribution in [3.8, 4) is 34.9 Å². The Bertz CT molecular complexity index is 1010. The SMILES string of the molecule is N#Cc1ccc(-c2cccc(-c3cn([C@@H]4CCCN4C#N)cn3)n2)cc1. The van der Waals surface area contributed by atoms with E-state index in [1.165, 1.54) is 0 Å². The van der Waals surface area contributed by atoms with E-state index in [4.69, 9.17) is 10.2 Å². The van der Waals surface area contributed by atoms with Gasteiger partial charge < -0.3 is 4.57 Å². The van der Waals surface area contributed by atoms with Gasteiger partial charge in [0.05, 0.1) is 29.3 Å². The molecule has 0 spiro atoms. The number of aromatic nitrogens is 3. The van der Waals surface area contributed by atoms with Crippen LogP contribution in [0.2, 0.25) is 0 Å². The molecule has 6 heteroatoms. The summed E-state index contributed by atoms with van der Waals surface area (Å²) in [6.45, 7) is 0.793. The zero-order valence-electron chi connectivity index (χ0n) is 14.1. The number of nitrogens with zero attached hydrogens (tertiary/aromatic N) is 6. The lowest BCUT2D eigenvalue weighted by atomic mass is 10.1. The van der Waals surface area contributed by atoms with Gasteiger partial charge in [0.25, 0.3) is 0 Å². The van der Waals surface area contributed by atoms with Crippen molar-refractivity contribution in [3.63, 3.8) is 0 Å². The Labute approximate surface area is 151 Å². The maximum Gasteiger partial charge on any atom is 0.181 e. The number of hydrogen-bond donors (Lipinski definition) is 0. The molecule has 0 N–H and O–H groups in total. The molecule has 1 saturated heterocycles. The fourth-order valence-electron chi connectivity index (χ4n) is 3.26. The van der Waals surface area contributed by atoms with E-state index in [1.54, 1.807) is 23.4 Å². The first kappa shape index (κ1) is 15.9. The van der Waals surface area contributed by atoms with Crippen molar-refractivity contribution in [1.82, 2.24) is 19.4 Å². The van der Waals surface area contributed by atoms with Gasteiger partial charge in [0.1, 0.15) is 11.9 Å². The summed E-state index contributed by atoms with van der Waals surface area (Å²) in [6.07, 6.45) is 7.97. The highest BCUT2D eigenvalue weighted by molar-refractivity contribution is 5.64. The number of benzene rings is 1. The quantitative estimate of drug-likeness (QED) is 0.681. The lowest BCUT2D eigenvalue weighted by Crippen LogP contribution is -2.21. The van der Waals surface area contributed by atoms with E-state index in [-0.39, 0.29) is 6.17 Å². The molecular formula is C20H16N6. The van der Waals surface area contributed by atoms with Crippen LogP contribution in [0.15, 0.2) is 55.0 Å². The van der Waals surface area contributed by atoms with Crippen molar-refractivity contribution in [1.29, 1.82) is 10.5 Å². The van der Waals surface area contributed by atoms with E-state index >= 15 is 0 Å². The van der Waals surface area contributed by atoms with Crippen molar-refractivity contribution in [2.24, 2.45) is 0 Å². The highest BCUT2D eigenvalue weighted by Crippen LogP contribution is 2.28. The number of imidazole rings is 1. The normalized spacial score (nSPS) is 16.2. The van der Waals surface area contributed by atoms with E-state index in [0.717, 1.165) is 42.0 Å². The van der Waals surface area contributed by atoms with E-state index in [2.05, 4.69) is 17.2 Å². The number of likely N-dealkylation sites (tertiary alicyclic amines) is 1. The third-order valence-electron chi connectivity index (χ3n) is 4.62. The van der Waals surface area contributed by atoms with Crippen molar-refractivity contribution < 1.29 is 0 Å². The van der Waals surface area contributed by atoms with Gasteiger partial charge in [-0.2, -0.15) is 10.5 Å². The molecule has 1 aromatic carbocycles. The summed E-state index contributed by atoms with van der Waals surface area (Å²) in [5, 5.41) is 18.2. The zero-order chi connectivity index (χ0) is 17.9. The molecule has 6 nitrogen and oxygen atoms in total. The number of rotatable bonds is 3. The van der Waals surface area contributed by atoms with Gasteiger partial charge in [0.15, 0.2) is 6.19 Å². The molecule has 1 aliphatic rings. The second-order valence-corrected chi connectivity index (χ2v) is 6.22. The first-order valence-electron chi connectivity index (χ1n) is 8.46. The number of pyridine rings is 1. The summed E-state index contributed by atoms with van der Waals surface area (Å²) < 4.78 is 1.99. The number of hydrogen-bond acceptors (Lipinski definition) is 5. The van der Waals surface area contributed by atoms with Gasteiger partial charge in [0.2, 0.25) is 0 Å². The highest BCUT2D eigenvalue weighted by atomic mass is 15.3. The summed E-state index contributed by atoms with van der Waals surface area (Å²) in [5.74, 6) is 0. The van der Waals surface area contributed by atoms with Gasteiger partial charge in [0, 0.05) is 18.3 Å². The molecule has 0 aliphatic carbocycles. The topological polar surface area (TPSA) is 81.5 Å². The first-order valence-corrected chi connectivity index (χ1v) is 8.46. The van der Waals surface area contributed by atoms with Crippen LogP contribution < -0.4 is 0 Å². The lowest BCUT2D eigenvalue weighted by molar-refractivity contribution is 0.281. The zero-order valence-corrected chi connectivity index (χ0v) is 14.1. The largest absolute Gasteiger partial charge is 0.315 e. The molecule has 26 heavy (non-hydrogen) atoms. The molecule has 1 aliphatic heterocycles. The first-order chi connectivity index (χ1) is 12.8. The fraction of sp³-hybridized carbons (Fsp3) is 0.200. The summed E-state index contributed by atoms with van der Waals surface area (Å²) in [7, 11) is 0. The minimum Gasteiger partial charge on any atom is -0.315 e. The Kier molecular flexibility index (Phi) is 4.09. The smallest absolute Gasteiger partial charge is 0.181 e. The van der Waals surface area contributed by atoms with Crippen LogP contribution in [0, 0.1) is 22.8 Å². The Morgan fingerprint density at radius 1 is 1.00 bits per heavy atom. The summed E-state index contributed by atoms with van der Waals surface area (Å²) in [6, 6.07) is 15.3. The number of nitriles is 2. The van der Waals surface area contributed by atoms with Gasteiger partial charge in [-0.1, -0.05) is 18.2 Å². The Hall–Kier alpha value is -3.64. The molecule has 0 amide bonds. The van der Waals surface area contributed by atoms with Crippen LogP contribution in [-0.4, -0.2) is 26.0 Å². The summed E-state index contributed by atoms with van der Waals surface area (Å²) >= 11 is 0. The average molecular weight is 340 g/mol. The minimum absolute atomic E-state index is 0.0444. The van der Waals surface area contributed by atoms with Crippen LogP contribution in [0.1, 0.15) is 24.6 Å². The van der Waals surface area contributed by atoms with Crippen LogP contribution in [0.4, 0.5) is 0 Å². The Morgan fingerprint density at radius 2 is 1.81 bits per heavy atom. The molecule has 0 bridgehead atoms. The average Bonchev–Trinajstić information content (AvgIpc) is 3.37. The molecule has 126 valence electrons. The second kappa shape index (κ2) is 6.70. The maximum absolute atomic E-state index is 9.23. The van der Waals surface area contributed by atoms with Crippen molar-refractivity contribution in [3.05, 3.63) is 60.6 Å². The van der Waals surface area contributed by atoms with Gasteiger partial charge in [-0.05, 0) is 37.1 Å². The molecule has 0 saturated carbocycles. The molecule has 1 fully saturated rings. The van der Waals surface area contributed by atoms with Gasteiger partial charge in [-0.3, -0.25) is 4.90 Å². The highest BCUT2D eigenvalue weighted by Gasteiger charge is 2.25. The molecule has 3 heterocycles. The van der Waals surface area contributed by atoms with Crippen molar-refractivity contribution >= 4 is 0 Å². The minimum atomic E-state index is 0.0444. The third kappa shape index (κ3) is 2.89. The standard InChI is InChI=1S/C20H16N6/c21-11-15-6-8-16(9-7-15)17-3-1-4-18(24-17)19-12-26(14-23-19)20-5-2-10-25(20)13-22/h1,3-4,6-9,12,14,20H,2,5,10H2/t20-/m1/s1. The second-order valence-electron chi connectivity index (χ2n) is 6.22. The fourth-order valence-corrected chi connectivity index (χ4v) is 3.26. The van der Waals surface area contributed by atoms with Crippen molar-refractivity contribution in [2.45, 2.75) is 19.0 Å². The van der Waals surface area contributed by atoms with Gasteiger partial charge in [-0.25, -0.2) is 9.97 Å². The van der Waals surface area contributed by atoms with Crippen LogP contribution in [0.5, 0.6) is 0 Å². The third-order valence-corrected chi connectivity index (χ3v) is 4.62. The Balaban J connectivity index is 1.63. The maximum atomic E-state index is 9.23. The predicted octanol–water partition coefficient (Wildman–Crippen LogP) is 3.56. The molecule has 3 aromatic rings. The molecule has 2 aromatic heterocycles. The van der Waals surface area contributed by atoms with E-state index in [0.29, 0.717) is 5.56 Å². The van der Waals surface area contributed by atoms with Crippen LogP contribution in [0.25, 0.3) is 22.6 Å².